The van der Waals surface area contributed by atoms with Crippen LogP contribution in [-0.4, -0.2) is 22.4 Å². The molecule has 0 spiro atoms. The molecule has 0 aliphatic heterocycles. The van der Waals surface area contributed by atoms with E-state index in [9.17, 15) is 4.79 Å². The molecule has 5 nitrogen and oxygen atoms in total. The van der Waals surface area contributed by atoms with Crippen molar-refractivity contribution in [2.75, 3.05) is 6.54 Å². The summed E-state index contributed by atoms with van der Waals surface area (Å²) in [7, 11) is 0. The summed E-state index contributed by atoms with van der Waals surface area (Å²) in [5.41, 5.74) is 6.91. The van der Waals surface area contributed by atoms with Gasteiger partial charge in [0.05, 0.1) is 5.01 Å². The average molecular weight is 282 g/mol. The molecule has 0 bridgehead atoms. The van der Waals surface area contributed by atoms with Gasteiger partial charge < -0.3 is 11.1 Å². The molecule has 3 N–H and O–H groups in total. The van der Waals surface area contributed by atoms with Crippen LogP contribution in [0.2, 0.25) is 0 Å². The monoisotopic (exact) mass is 282 g/mol. The smallest absolute Gasteiger partial charge is 0.270 e. The van der Waals surface area contributed by atoms with Crippen LogP contribution in [0.5, 0.6) is 0 Å². The molecule has 0 saturated carbocycles. The highest BCUT2D eigenvalue weighted by Gasteiger charge is 2.09. The number of carbonyl (C=O) groups is 1. The molecule has 0 unspecified atom stereocenters. The number of nitrogens with one attached hydrogen (secondary N) is 1. The number of amides is 1. The van der Waals surface area contributed by atoms with Crippen molar-refractivity contribution in [3.05, 3.63) is 32.2 Å². The van der Waals surface area contributed by atoms with E-state index in [2.05, 4.69) is 15.3 Å². The first kappa shape index (κ1) is 13.1. The summed E-state index contributed by atoms with van der Waals surface area (Å²) in [6.07, 6.45) is 0.748. The Kier molecular flexibility index (Phi) is 4.40. The molecule has 0 saturated heterocycles. The first-order valence-corrected chi connectivity index (χ1v) is 7.28. The van der Waals surface area contributed by atoms with E-state index in [4.69, 9.17) is 5.73 Å². The maximum Gasteiger partial charge on any atom is 0.270 e. The predicted octanol–water partition coefficient (Wildman–Crippen LogP) is 1.34. The van der Waals surface area contributed by atoms with E-state index in [0.717, 1.165) is 22.1 Å². The minimum Gasteiger partial charge on any atom is -0.350 e. The second-order valence-electron chi connectivity index (χ2n) is 3.72. The zero-order valence-electron chi connectivity index (χ0n) is 9.97. The zero-order valence-corrected chi connectivity index (χ0v) is 11.6. The predicted molar refractivity (Wildman–Crippen MR) is 72.9 cm³/mol. The van der Waals surface area contributed by atoms with Crippen molar-refractivity contribution in [2.45, 2.75) is 19.9 Å². The molecular weight excluding hydrogens is 268 g/mol. The number of hydrogen-bond acceptors (Lipinski definition) is 6. The van der Waals surface area contributed by atoms with E-state index >= 15 is 0 Å². The summed E-state index contributed by atoms with van der Waals surface area (Å²) in [6.45, 7) is 2.90. The molecule has 2 rings (SSSR count). The average Bonchev–Trinajstić information content (AvgIpc) is 2.98. The Labute approximate surface area is 113 Å². The highest BCUT2D eigenvalue weighted by Crippen LogP contribution is 2.10. The Morgan fingerprint density at radius 1 is 1.33 bits per heavy atom. The first-order chi connectivity index (χ1) is 8.69. The molecule has 1 amide bonds. The summed E-state index contributed by atoms with van der Waals surface area (Å²) >= 11 is 3.02. The minimum atomic E-state index is -0.153. The summed E-state index contributed by atoms with van der Waals surface area (Å²) in [5, 5.41) is 8.37. The van der Waals surface area contributed by atoms with Crippen molar-refractivity contribution >= 4 is 28.6 Å². The van der Waals surface area contributed by atoms with Gasteiger partial charge in [0.2, 0.25) is 0 Å². The normalized spacial score (nSPS) is 10.6. The number of thiazole rings is 2. The molecule has 0 aromatic carbocycles. The van der Waals surface area contributed by atoms with E-state index in [0.29, 0.717) is 18.8 Å². The fourth-order valence-corrected chi connectivity index (χ4v) is 2.83. The second-order valence-corrected chi connectivity index (χ2v) is 5.60. The van der Waals surface area contributed by atoms with Crippen LogP contribution in [0, 0.1) is 6.92 Å². The minimum absolute atomic E-state index is 0.153. The third-order valence-electron chi connectivity index (χ3n) is 2.25. The molecule has 2 aromatic rings. The molecule has 96 valence electrons. The van der Waals surface area contributed by atoms with Crippen LogP contribution in [0.4, 0.5) is 0 Å². The van der Waals surface area contributed by atoms with Crippen LogP contribution in [0.15, 0.2) is 10.8 Å². The third kappa shape index (κ3) is 3.34. The van der Waals surface area contributed by atoms with Gasteiger partial charge in [-0.1, -0.05) is 0 Å². The number of aryl methyl sites for hydroxylation is 1. The molecule has 7 heteroatoms. The Bertz CT molecular complexity index is 535. The molecular formula is C11H14N4OS2. The molecule has 0 aliphatic rings. The largest absolute Gasteiger partial charge is 0.350 e. The Morgan fingerprint density at radius 3 is 2.72 bits per heavy atom. The fourth-order valence-electron chi connectivity index (χ4n) is 1.40. The van der Waals surface area contributed by atoms with Gasteiger partial charge in [-0.05, 0) is 6.92 Å². The van der Waals surface area contributed by atoms with Crippen molar-refractivity contribution in [2.24, 2.45) is 5.73 Å². The number of aromatic nitrogens is 2. The number of nitrogens with zero attached hydrogens (tertiary/aromatic N) is 2. The molecule has 0 atom stereocenters. The SMILES string of the molecule is Cc1csc(CCNC(=O)c2csc(CN)n2)n1. The summed E-state index contributed by atoms with van der Waals surface area (Å²) in [4.78, 5) is 20.2. The van der Waals surface area contributed by atoms with E-state index in [1.54, 1.807) is 16.7 Å². The van der Waals surface area contributed by atoms with Gasteiger partial charge >= 0.3 is 0 Å². The van der Waals surface area contributed by atoms with Crippen molar-refractivity contribution in [1.82, 2.24) is 15.3 Å². The third-order valence-corrected chi connectivity index (χ3v) is 4.15. The Balaban J connectivity index is 1.81. The van der Waals surface area contributed by atoms with Gasteiger partial charge in [0, 0.05) is 36.0 Å². The highest BCUT2D eigenvalue weighted by molar-refractivity contribution is 7.10. The van der Waals surface area contributed by atoms with Gasteiger partial charge in [-0.25, -0.2) is 9.97 Å². The Morgan fingerprint density at radius 2 is 2.11 bits per heavy atom. The molecule has 2 aromatic heterocycles. The molecule has 18 heavy (non-hydrogen) atoms. The van der Waals surface area contributed by atoms with Crippen LogP contribution in [0.25, 0.3) is 0 Å². The number of hydrogen-bond donors (Lipinski definition) is 2. The zero-order chi connectivity index (χ0) is 13.0. The standard InChI is InChI=1S/C11H14N4OS2/c1-7-5-17-9(14-7)2-3-13-11(16)8-6-18-10(4-12)15-8/h5-6H,2-4,12H2,1H3,(H,13,16). The van der Waals surface area contributed by atoms with Gasteiger partial charge in [0.25, 0.3) is 5.91 Å². The van der Waals surface area contributed by atoms with Crippen LogP contribution < -0.4 is 11.1 Å². The maximum absolute atomic E-state index is 11.7. The van der Waals surface area contributed by atoms with Gasteiger partial charge in [-0.15, -0.1) is 22.7 Å². The molecule has 0 aliphatic carbocycles. The summed E-state index contributed by atoms with van der Waals surface area (Å²) in [6, 6.07) is 0. The maximum atomic E-state index is 11.7. The summed E-state index contributed by atoms with van der Waals surface area (Å²) < 4.78 is 0. The number of carbonyl (C=O) groups excluding carboxylic acids is 1. The lowest BCUT2D eigenvalue weighted by atomic mass is 10.4. The molecule has 2 heterocycles. The van der Waals surface area contributed by atoms with Crippen molar-refractivity contribution in [3.63, 3.8) is 0 Å². The number of nitrogens with two attached hydrogens (primary N) is 1. The lowest BCUT2D eigenvalue weighted by Gasteiger charge is -2.00. The Hall–Kier alpha value is -1.31. The van der Waals surface area contributed by atoms with E-state index in [-0.39, 0.29) is 5.91 Å². The van der Waals surface area contributed by atoms with Crippen molar-refractivity contribution < 1.29 is 4.79 Å². The van der Waals surface area contributed by atoms with Crippen LogP contribution in [-0.2, 0) is 13.0 Å². The number of rotatable bonds is 5. The van der Waals surface area contributed by atoms with Crippen LogP contribution in [0.1, 0.15) is 26.2 Å². The highest BCUT2D eigenvalue weighted by atomic mass is 32.1. The van der Waals surface area contributed by atoms with Crippen LogP contribution >= 0.6 is 22.7 Å². The van der Waals surface area contributed by atoms with Crippen molar-refractivity contribution in [1.29, 1.82) is 0 Å². The molecule has 0 fully saturated rings. The van der Waals surface area contributed by atoms with E-state index in [1.165, 1.54) is 11.3 Å². The first-order valence-electron chi connectivity index (χ1n) is 5.52. The quantitative estimate of drug-likeness (QED) is 0.867. The topological polar surface area (TPSA) is 80.9 Å². The second kappa shape index (κ2) is 6.03. The van der Waals surface area contributed by atoms with Crippen molar-refractivity contribution in [3.8, 4) is 0 Å². The van der Waals surface area contributed by atoms with Crippen LogP contribution in [0.3, 0.4) is 0 Å². The van der Waals surface area contributed by atoms with Gasteiger partial charge in [-0.2, -0.15) is 0 Å². The lowest BCUT2D eigenvalue weighted by molar-refractivity contribution is 0.0949. The van der Waals surface area contributed by atoms with E-state index < -0.39 is 0 Å². The summed E-state index contributed by atoms with van der Waals surface area (Å²) in [5.74, 6) is -0.153. The molecule has 0 radical (unpaired) electrons. The van der Waals surface area contributed by atoms with Gasteiger partial charge in [0.1, 0.15) is 10.7 Å². The van der Waals surface area contributed by atoms with Gasteiger partial charge in [0.15, 0.2) is 0 Å². The fraction of sp³-hybridized carbons (Fsp3) is 0.364. The van der Waals surface area contributed by atoms with Gasteiger partial charge in [-0.3, -0.25) is 4.79 Å². The lowest BCUT2D eigenvalue weighted by Crippen LogP contribution is -2.26. The van der Waals surface area contributed by atoms with E-state index in [1.807, 2.05) is 12.3 Å².